The molecule has 1 amide bonds. The molecule has 6 nitrogen and oxygen atoms in total. The number of carbonyl (C=O) groups is 1. The Balaban J connectivity index is 1.97. The van der Waals surface area contributed by atoms with Gasteiger partial charge in [0.1, 0.15) is 0 Å². The molecule has 1 aliphatic rings. The SMILES string of the molecule is CC(=O)N[n+]1coc2ccc(B3OC(C)(C)C(C)(C)O3)cc21. The Morgan fingerprint density at radius 1 is 1.18 bits per heavy atom. The van der Waals surface area contributed by atoms with E-state index in [-0.39, 0.29) is 5.91 Å². The largest absolute Gasteiger partial charge is 0.495 e. The summed E-state index contributed by atoms with van der Waals surface area (Å²) in [7, 11) is -0.449. The topological polar surface area (TPSA) is 64.6 Å². The van der Waals surface area contributed by atoms with Crippen LogP contribution in [0.4, 0.5) is 0 Å². The van der Waals surface area contributed by atoms with E-state index in [9.17, 15) is 4.79 Å². The maximum absolute atomic E-state index is 11.2. The van der Waals surface area contributed by atoms with Crippen molar-refractivity contribution in [1.29, 1.82) is 0 Å². The highest BCUT2D eigenvalue weighted by Gasteiger charge is 2.51. The Kier molecular flexibility index (Phi) is 3.30. The number of nitrogens with one attached hydrogen (secondary N) is 1. The summed E-state index contributed by atoms with van der Waals surface area (Å²) in [6.45, 7) is 9.51. The number of benzene rings is 1. The normalized spacial score (nSPS) is 19.6. The quantitative estimate of drug-likeness (QED) is 0.667. The van der Waals surface area contributed by atoms with Gasteiger partial charge in [0.15, 0.2) is 0 Å². The van der Waals surface area contributed by atoms with E-state index in [0.717, 1.165) is 11.0 Å². The molecule has 0 bridgehead atoms. The average Bonchev–Trinajstić information content (AvgIpc) is 2.88. The van der Waals surface area contributed by atoms with Crippen molar-refractivity contribution in [2.24, 2.45) is 0 Å². The highest BCUT2D eigenvalue weighted by Crippen LogP contribution is 2.36. The van der Waals surface area contributed by atoms with Crippen molar-refractivity contribution in [3.05, 3.63) is 24.6 Å². The predicted molar refractivity (Wildman–Crippen MR) is 82.2 cm³/mol. The summed E-state index contributed by atoms with van der Waals surface area (Å²) in [6, 6.07) is 5.65. The molecule has 1 aromatic heterocycles. The molecule has 0 saturated carbocycles. The van der Waals surface area contributed by atoms with Crippen LogP contribution < -0.4 is 15.6 Å². The van der Waals surface area contributed by atoms with Crippen LogP contribution in [0, 0.1) is 0 Å². The van der Waals surface area contributed by atoms with Gasteiger partial charge in [-0.1, -0.05) is 6.07 Å². The third kappa shape index (κ3) is 2.40. The number of amides is 1. The number of hydrogen-bond donors (Lipinski definition) is 1. The second-order valence-corrected chi connectivity index (χ2v) is 6.58. The minimum Gasteiger partial charge on any atom is -0.402 e. The molecule has 1 N–H and O–H groups in total. The van der Waals surface area contributed by atoms with Gasteiger partial charge in [0.2, 0.25) is 5.58 Å². The van der Waals surface area contributed by atoms with Crippen molar-refractivity contribution in [3.8, 4) is 0 Å². The Hall–Kier alpha value is -1.86. The minimum atomic E-state index is -0.449. The number of carbonyl (C=O) groups excluding carboxylic acids is 1. The van der Waals surface area contributed by atoms with E-state index in [4.69, 9.17) is 13.7 Å². The van der Waals surface area contributed by atoms with E-state index >= 15 is 0 Å². The van der Waals surface area contributed by atoms with Crippen LogP contribution in [0.3, 0.4) is 0 Å². The summed E-state index contributed by atoms with van der Waals surface area (Å²) < 4.78 is 19.1. The molecule has 0 unspecified atom stereocenters. The van der Waals surface area contributed by atoms with Gasteiger partial charge in [-0.15, -0.1) is 5.43 Å². The van der Waals surface area contributed by atoms with E-state index in [2.05, 4.69) is 5.43 Å². The highest BCUT2D eigenvalue weighted by atomic mass is 16.7. The molecular weight excluding hydrogens is 283 g/mol. The van der Waals surface area contributed by atoms with Crippen LogP contribution in [0.25, 0.3) is 11.1 Å². The number of rotatable bonds is 2. The summed E-state index contributed by atoms with van der Waals surface area (Å²) >= 11 is 0. The molecule has 3 rings (SSSR count). The fraction of sp³-hybridized carbons (Fsp3) is 0.467. The average molecular weight is 303 g/mol. The van der Waals surface area contributed by atoms with Gasteiger partial charge in [0, 0.05) is 13.0 Å². The van der Waals surface area contributed by atoms with Crippen molar-refractivity contribution in [3.63, 3.8) is 0 Å². The first-order chi connectivity index (χ1) is 10.2. The van der Waals surface area contributed by atoms with Crippen LogP contribution in [0.15, 0.2) is 29.0 Å². The number of hydrogen-bond acceptors (Lipinski definition) is 4. The lowest BCUT2D eigenvalue weighted by Crippen LogP contribution is -2.46. The zero-order chi connectivity index (χ0) is 16.1. The Bertz CT molecular complexity index is 722. The first-order valence-electron chi connectivity index (χ1n) is 7.26. The van der Waals surface area contributed by atoms with Gasteiger partial charge in [0.05, 0.1) is 11.2 Å². The molecule has 2 heterocycles. The van der Waals surface area contributed by atoms with Gasteiger partial charge in [-0.3, -0.25) is 4.79 Å². The molecule has 1 aliphatic heterocycles. The van der Waals surface area contributed by atoms with Crippen LogP contribution in [0.1, 0.15) is 34.6 Å². The zero-order valence-corrected chi connectivity index (χ0v) is 13.5. The smallest absolute Gasteiger partial charge is 0.402 e. The standard InChI is InChI=1S/C15H19BN2O4/c1-10(19)17-18-9-20-13-7-6-11(8-12(13)18)16-21-14(2,3)15(4,5)22-16/h6-9H,1-5H3/p+1. The van der Waals surface area contributed by atoms with Crippen molar-refractivity contribution in [1.82, 2.24) is 0 Å². The molecule has 1 fully saturated rings. The number of oxazole rings is 1. The highest BCUT2D eigenvalue weighted by molar-refractivity contribution is 6.62. The van der Waals surface area contributed by atoms with Crippen molar-refractivity contribution >= 4 is 29.6 Å². The second-order valence-electron chi connectivity index (χ2n) is 6.58. The lowest BCUT2D eigenvalue weighted by molar-refractivity contribution is -0.620. The summed E-state index contributed by atoms with van der Waals surface area (Å²) in [5, 5.41) is 0. The van der Waals surface area contributed by atoms with Crippen LogP contribution >= 0.6 is 0 Å². The van der Waals surface area contributed by atoms with Crippen LogP contribution in [0.2, 0.25) is 0 Å². The van der Waals surface area contributed by atoms with Gasteiger partial charge in [-0.25, -0.2) is 0 Å². The molecule has 1 saturated heterocycles. The van der Waals surface area contributed by atoms with E-state index in [1.54, 1.807) is 4.68 Å². The van der Waals surface area contributed by atoms with Gasteiger partial charge < -0.3 is 13.7 Å². The third-order valence-electron chi connectivity index (χ3n) is 4.33. The van der Waals surface area contributed by atoms with E-state index < -0.39 is 18.3 Å². The zero-order valence-electron chi connectivity index (χ0n) is 13.5. The van der Waals surface area contributed by atoms with Gasteiger partial charge in [-0.2, -0.15) is 0 Å². The molecule has 7 heteroatoms. The Labute approximate surface area is 129 Å². The van der Waals surface area contributed by atoms with E-state index in [0.29, 0.717) is 5.58 Å². The first-order valence-corrected chi connectivity index (χ1v) is 7.26. The summed E-state index contributed by atoms with van der Waals surface area (Å²) in [4.78, 5) is 11.2. The molecule has 2 aromatic rings. The lowest BCUT2D eigenvalue weighted by Gasteiger charge is -2.32. The summed E-state index contributed by atoms with van der Waals surface area (Å²) in [6.07, 6.45) is 1.46. The monoisotopic (exact) mass is 303 g/mol. The minimum absolute atomic E-state index is 0.172. The van der Waals surface area contributed by atoms with Gasteiger partial charge in [0.25, 0.3) is 11.4 Å². The maximum atomic E-state index is 11.2. The Morgan fingerprint density at radius 2 is 1.82 bits per heavy atom. The van der Waals surface area contributed by atoms with Crippen molar-refractivity contribution in [2.45, 2.75) is 45.8 Å². The van der Waals surface area contributed by atoms with Crippen LogP contribution in [-0.4, -0.2) is 24.2 Å². The van der Waals surface area contributed by atoms with Crippen molar-refractivity contribution in [2.75, 3.05) is 5.43 Å². The van der Waals surface area contributed by atoms with Crippen LogP contribution in [-0.2, 0) is 14.1 Å². The molecule has 0 radical (unpaired) electrons. The number of aromatic nitrogens is 1. The van der Waals surface area contributed by atoms with E-state index in [1.807, 2.05) is 45.9 Å². The van der Waals surface area contributed by atoms with Crippen LogP contribution in [0.5, 0.6) is 0 Å². The predicted octanol–water partition coefficient (Wildman–Crippen LogP) is 1.11. The second kappa shape index (κ2) is 4.82. The fourth-order valence-electron chi connectivity index (χ4n) is 2.37. The molecule has 116 valence electrons. The molecule has 0 spiro atoms. The molecule has 1 aromatic carbocycles. The fourth-order valence-corrected chi connectivity index (χ4v) is 2.37. The maximum Gasteiger partial charge on any atom is 0.495 e. The molecule has 0 atom stereocenters. The Morgan fingerprint density at radius 3 is 2.41 bits per heavy atom. The van der Waals surface area contributed by atoms with Crippen molar-refractivity contribution < 1.29 is 23.2 Å². The summed E-state index contributed by atoms with van der Waals surface area (Å²) in [5.74, 6) is -0.172. The van der Waals surface area contributed by atoms with E-state index in [1.165, 1.54) is 13.3 Å². The molecular formula is C15H20BN2O4+. The number of fused-ring (bicyclic) bond motifs is 1. The molecule has 22 heavy (non-hydrogen) atoms. The third-order valence-corrected chi connectivity index (χ3v) is 4.33. The molecule has 0 aliphatic carbocycles. The summed E-state index contributed by atoms with van der Waals surface area (Å²) in [5.41, 5.74) is 4.20. The first kappa shape index (κ1) is 15.1. The van der Waals surface area contributed by atoms with Gasteiger partial charge in [-0.05, 0) is 43.9 Å². The number of nitrogens with zero attached hydrogens (tertiary/aromatic N) is 1. The van der Waals surface area contributed by atoms with Gasteiger partial charge >= 0.3 is 13.5 Å². The lowest BCUT2D eigenvalue weighted by atomic mass is 9.79.